The zero-order chi connectivity index (χ0) is 10.4. The van der Waals surface area contributed by atoms with Crippen molar-refractivity contribution in [3.05, 3.63) is 40.9 Å². The number of hydrogen-bond donors (Lipinski definition) is 1. The van der Waals surface area contributed by atoms with E-state index in [4.69, 9.17) is 11.6 Å². The number of carbonyl (C=O) groups is 1. The number of benzene rings is 1. The van der Waals surface area contributed by atoms with Crippen molar-refractivity contribution in [3.63, 3.8) is 0 Å². The molecule has 1 rings (SSSR count). The molecule has 0 fully saturated rings. The normalized spacial score (nSPS) is 10.4. The Kier molecular flexibility index (Phi) is 4.20. The maximum atomic E-state index is 11.1. The summed E-state index contributed by atoms with van der Waals surface area (Å²) in [5, 5.41) is 3.31. The number of hydrogen-bond acceptors (Lipinski definition) is 1. The van der Waals surface area contributed by atoms with E-state index in [0.717, 1.165) is 5.56 Å². The second-order valence-electron chi connectivity index (χ2n) is 2.75. The molecule has 0 atom stereocenters. The van der Waals surface area contributed by atoms with E-state index < -0.39 is 0 Å². The van der Waals surface area contributed by atoms with Crippen LogP contribution in [0, 0.1) is 0 Å². The molecule has 3 heteroatoms. The fourth-order valence-electron chi connectivity index (χ4n) is 1.01. The molecule has 1 N–H and O–H groups in total. The topological polar surface area (TPSA) is 29.1 Å². The number of halogens is 1. The van der Waals surface area contributed by atoms with E-state index in [2.05, 4.69) is 5.32 Å². The highest BCUT2D eigenvalue weighted by atomic mass is 35.5. The Hall–Kier alpha value is -1.28. The van der Waals surface area contributed by atoms with Gasteiger partial charge in [-0.15, -0.1) is 0 Å². The monoisotopic (exact) mass is 209 g/mol. The summed E-state index contributed by atoms with van der Waals surface area (Å²) in [6.45, 7) is 2.51. The summed E-state index contributed by atoms with van der Waals surface area (Å²) in [4.78, 5) is 11.1. The van der Waals surface area contributed by atoms with E-state index in [0.29, 0.717) is 11.6 Å². The first-order valence-electron chi connectivity index (χ1n) is 4.44. The number of carbonyl (C=O) groups excluding carboxylic acids is 1. The molecule has 2 nitrogen and oxygen atoms in total. The molecule has 74 valence electrons. The molecule has 0 aliphatic rings. The maximum Gasteiger partial charge on any atom is 0.243 e. The quantitative estimate of drug-likeness (QED) is 0.762. The van der Waals surface area contributed by atoms with Crippen molar-refractivity contribution in [2.75, 3.05) is 6.54 Å². The van der Waals surface area contributed by atoms with Crippen molar-refractivity contribution in [1.82, 2.24) is 5.32 Å². The minimum absolute atomic E-state index is 0.104. The largest absolute Gasteiger partial charge is 0.353 e. The predicted octanol–water partition coefficient (Wildman–Crippen LogP) is 2.49. The van der Waals surface area contributed by atoms with Gasteiger partial charge in [0.2, 0.25) is 5.91 Å². The van der Waals surface area contributed by atoms with Gasteiger partial charge in [0, 0.05) is 17.6 Å². The lowest BCUT2D eigenvalue weighted by atomic mass is 10.2. The molecule has 0 saturated carbocycles. The highest BCUT2D eigenvalue weighted by Gasteiger charge is 1.95. The Morgan fingerprint density at radius 3 is 2.86 bits per heavy atom. The van der Waals surface area contributed by atoms with E-state index in [1.807, 2.05) is 25.1 Å². The maximum absolute atomic E-state index is 11.1. The number of amides is 1. The van der Waals surface area contributed by atoms with Crippen LogP contribution < -0.4 is 5.32 Å². The zero-order valence-electron chi connectivity index (χ0n) is 7.96. The second kappa shape index (κ2) is 5.45. The van der Waals surface area contributed by atoms with Crippen LogP contribution in [0.4, 0.5) is 0 Å². The molecule has 0 aliphatic heterocycles. The van der Waals surface area contributed by atoms with Gasteiger partial charge >= 0.3 is 0 Å². The van der Waals surface area contributed by atoms with Gasteiger partial charge in [0.25, 0.3) is 0 Å². The molecule has 0 aliphatic carbocycles. The average Bonchev–Trinajstić information content (AvgIpc) is 2.17. The number of nitrogens with one attached hydrogen (secondary N) is 1. The summed E-state index contributed by atoms with van der Waals surface area (Å²) in [6.07, 6.45) is 3.18. The molecule has 0 unspecified atom stereocenters. The van der Waals surface area contributed by atoms with Gasteiger partial charge in [-0.1, -0.05) is 29.8 Å². The molecule has 0 spiro atoms. The molecule has 0 radical (unpaired) electrons. The van der Waals surface area contributed by atoms with Gasteiger partial charge in [0.05, 0.1) is 0 Å². The standard InChI is InChI=1S/C11H12ClNO/c1-2-13-11(14)8-7-9-5-3-4-6-10(9)12/h3-8H,2H2,1H3,(H,13,14)/b8-7+. The molecule has 0 aromatic heterocycles. The molecule has 0 bridgehead atoms. The highest BCUT2D eigenvalue weighted by molar-refractivity contribution is 6.32. The minimum Gasteiger partial charge on any atom is -0.353 e. The van der Waals surface area contributed by atoms with Gasteiger partial charge in [0.15, 0.2) is 0 Å². The Morgan fingerprint density at radius 2 is 2.21 bits per heavy atom. The molecule has 14 heavy (non-hydrogen) atoms. The smallest absolute Gasteiger partial charge is 0.243 e. The van der Waals surface area contributed by atoms with Crippen molar-refractivity contribution in [2.24, 2.45) is 0 Å². The fraction of sp³-hybridized carbons (Fsp3) is 0.182. The zero-order valence-corrected chi connectivity index (χ0v) is 8.71. The summed E-state index contributed by atoms with van der Waals surface area (Å²) in [7, 11) is 0. The van der Waals surface area contributed by atoms with Crippen molar-refractivity contribution < 1.29 is 4.79 Å². The Balaban J connectivity index is 2.69. The van der Waals surface area contributed by atoms with Gasteiger partial charge in [-0.05, 0) is 24.6 Å². The summed E-state index contributed by atoms with van der Waals surface area (Å²) in [6, 6.07) is 7.38. The van der Waals surface area contributed by atoms with E-state index in [9.17, 15) is 4.79 Å². The van der Waals surface area contributed by atoms with Crippen LogP contribution in [-0.4, -0.2) is 12.5 Å². The van der Waals surface area contributed by atoms with Crippen LogP contribution in [0.15, 0.2) is 30.3 Å². The summed E-state index contributed by atoms with van der Waals surface area (Å²) < 4.78 is 0. The number of likely N-dealkylation sites (N-methyl/N-ethyl adjacent to an activating group) is 1. The molecule has 1 aromatic carbocycles. The van der Waals surface area contributed by atoms with Gasteiger partial charge < -0.3 is 5.32 Å². The van der Waals surface area contributed by atoms with Gasteiger partial charge in [-0.2, -0.15) is 0 Å². The lowest BCUT2D eigenvalue weighted by Crippen LogP contribution is -2.19. The lowest BCUT2D eigenvalue weighted by Gasteiger charge is -1.97. The lowest BCUT2D eigenvalue weighted by molar-refractivity contribution is -0.116. The molecular formula is C11H12ClNO. The van der Waals surface area contributed by atoms with Crippen LogP contribution in [-0.2, 0) is 4.79 Å². The summed E-state index contributed by atoms with van der Waals surface area (Å²) in [5.74, 6) is -0.104. The molecular weight excluding hydrogens is 198 g/mol. The predicted molar refractivity (Wildman–Crippen MR) is 59.2 cm³/mol. The Morgan fingerprint density at radius 1 is 1.50 bits per heavy atom. The fourth-order valence-corrected chi connectivity index (χ4v) is 1.21. The third-order valence-electron chi connectivity index (χ3n) is 1.67. The first-order valence-corrected chi connectivity index (χ1v) is 4.82. The highest BCUT2D eigenvalue weighted by Crippen LogP contribution is 2.15. The summed E-state index contributed by atoms with van der Waals surface area (Å²) >= 11 is 5.90. The number of rotatable bonds is 3. The van der Waals surface area contributed by atoms with E-state index in [-0.39, 0.29) is 5.91 Å². The van der Waals surface area contributed by atoms with E-state index in [1.165, 1.54) is 6.08 Å². The third kappa shape index (κ3) is 3.23. The van der Waals surface area contributed by atoms with Crippen molar-refractivity contribution >= 4 is 23.6 Å². The molecule has 0 heterocycles. The van der Waals surface area contributed by atoms with E-state index in [1.54, 1.807) is 12.1 Å². The average molecular weight is 210 g/mol. The van der Waals surface area contributed by atoms with Crippen molar-refractivity contribution in [3.8, 4) is 0 Å². The van der Waals surface area contributed by atoms with Gasteiger partial charge in [-0.25, -0.2) is 0 Å². The van der Waals surface area contributed by atoms with Crippen LogP contribution in [0.1, 0.15) is 12.5 Å². The van der Waals surface area contributed by atoms with Crippen LogP contribution in [0.25, 0.3) is 6.08 Å². The SMILES string of the molecule is CCNC(=O)/C=C/c1ccccc1Cl. The first-order chi connectivity index (χ1) is 6.74. The Labute approximate surface area is 88.6 Å². The Bertz CT molecular complexity index is 347. The molecule has 0 saturated heterocycles. The van der Waals surface area contributed by atoms with Crippen LogP contribution >= 0.6 is 11.6 Å². The van der Waals surface area contributed by atoms with Crippen molar-refractivity contribution in [2.45, 2.75) is 6.92 Å². The second-order valence-corrected chi connectivity index (χ2v) is 3.16. The minimum atomic E-state index is -0.104. The van der Waals surface area contributed by atoms with Crippen LogP contribution in [0.3, 0.4) is 0 Å². The van der Waals surface area contributed by atoms with Crippen LogP contribution in [0.5, 0.6) is 0 Å². The van der Waals surface area contributed by atoms with Crippen LogP contribution in [0.2, 0.25) is 5.02 Å². The van der Waals surface area contributed by atoms with Gasteiger partial charge in [-0.3, -0.25) is 4.79 Å². The third-order valence-corrected chi connectivity index (χ3v) is 2.01. The molecule has 1 aromatic rings. The van der Waals surface area contributed by atoms with Crippen molar-refractivity contribution in [1.29, 1.82) is 0 Å². The molecule has 1 amide bonds. The summed E-state index contributed by atoms with van der Waals surface area (Å²) in [5.41, 5.74) is 0.848. The van der Waals surface area contributed by atoms with E-state index >= 15 is 0 Å². The first kappa shape index (κ1) is 10.8. The van der Waals surface area contributed by atoms with Gasteiger partial charge in [0.1, 0.15) is 0 Å².